The van der Waals surface area contributed by atoms with Crippen molar-refractivity contribution in [2.24, 2.45) is 0 Å². The van der Waals surface area contributed by atoms with E-state index in [0.29, 0.717) is 30.6 Å². The van der Waals surface area contributed by atoms with Crippen molar-refractivity contribution in [3.05, 3.63) is 23.8 Å². The molecule has 2 heterocycles. The number of carbonyl (C=O) groups excluding carboxylic acids is 1. The molecule has 0 aliphatic carbocycles. The Bertz CT molecular complexity index is 504. The van der Waals surface area contributed by atoms with Gasteiger partial charge in [-0.05, 0) is 38.1 Å². The number of carbonyl (C=O) groups is 1. The third-order valence-electron chi connectivity index (χ3n) is 3.91. The molecule has 20 heavy (non-hydrogen) atoms. The van der Waals surface area contributed by atoms with Crippen molar-refractivity contribution in [3.63, 3.8) is 0 Å². The van der Waals surface area contributed by atoms with Crippen LogP contribution in [0.4, 0.5) is 0 Å². The summed E-state index contributed by atoms with van der Waals surface area (Å²) in [6.07, 6.45) is 2.17. The number of rotatable bonds is 2. The second-order valence-corrected chi connectivity index (χ2v) is 5.24. The van der Waals surface area contributed by atoms with Gasteiger partial charge in [-0.15, -0.1) is 0 Å². The molecule has 0 spiro atoms. The highest BCUT2D eigenvalue weighted by molar-refractivity contribution is 5.95. The Morgan fingerprint density at radius 3 is 2.90 bits per heavy atom. The molecule has 108 valence electrons. The van der Waals surface area contributed by atoms with E-state index in [1.165, 1.54) is 0 Å². The average Bonchev–Trinajstić information content (AvgIpc) is 2.53. The van der Waals surface area contributed by atoms with E-state index in [0.717, 1.165) is 31.7 Å². The molecule has 0 saturated carbocycles. The van der Waals surface area contributed by atoms with Crippen LogP contribution in [0.5, 0.6) is 11.5 Å². The monoisotopic (exact) mass is 276 g/mol. The highest BCUT2D eigenvalue weighted by Gasteiger charge is 2.24. The molecule has 3 rings (SSSR count). The number of nitrogens with zero attached hydrogens (tertiary/aromatic N) is 1. The minimum atomic E-state index is 0.0712. The summed E-state index contributed by atoms with van der Waals surface area (Å²) < 4.78 is 11.0. The van der Waals surface area contributed by atoms with Crippen LogP contribution < -0.4 is 14.8 Å². The molecule has 1 unspecified atom stereocenters. The summed E-state index contributed by atoms with van der Waals surface area (Å²) in [5.74, 6) is 1.46. The van der Waals surface area contributed by atoms with Gasteiger partial charge in [-0.25, -0.2) is 0 Å². The van der Waals surface area contributed by atoms with E-state index < -0.39 is 0 Å². The zero-order valence-corrected chi connectivity index (χ0v) is 11.7. The van der Waals surface area contributed by atoms with E-state index in [2.05, 4.69) is 5.32 Å². The number of hydrogen-bond donors (Lipinski definition) is 1. The Morgan fingerprint density at radius 2 is 2.10 bits per heavy atom. The van der Waals surface area contributed by atoms with Crippen molar-refractivity contribution in [1.29, 1.82) is 0 Å². The van der Waals surface area contributed by atoms with E-state index in [1.807, 2.05) is 24.1 Å². The van der Waals surface area contributed by atoms with Crippen molar-refractivity contribution in [2.75, 3.05) is 33.4 Å². The van der Waals surface area contributed by atoms with Gasteiger partial charge in [-0.1, -0.05) is 0 Å². The number of ether oxygens (including phenoxy) is 2. The maximum absolute atomic E-state index is 12.5. The average molecular weight is 276 g/mol. The number of hydrogen-bond acceptors (Lipinski definition) is 4. The summed E-state index contributed by atoms with van der Waals surface area (Å²) >= 11 is 0. The van der Waals surface area contributed by atoms with Crippen molar-refractivity contribution in [3.8, 4) is 11.5 Å². The molecule has 2 aliphatic rings. The van der Waals surface area contributed by atoms with E-state index in [-0.39, 0.29) is 5.91 Å². The fraction of sp³-hybridized carbons (Fsp3) is 0.533. The van der Waals surface area contributed by atoms with E-state index >= 15 is 0 Å². The van der Waals surface area contributed by atoms with Gasteiger partial charge in [0.2, 0.25) is 0 Å². The molecule has 0 radical (unpaired) electrons. The predicted molar refractivity (Wildman–Crippen MR) is 75.4 cm³/mol. The standard InChI is InChI=1S/C15H20N2O3/c1-16-12-3-2-6-17(10-12)15(18)11-4-5-13-14(9-11)20-8-7-19-13/h4-5,9,12,16H,2-3,6-8,10H2,1H3. The zero-order chi connectivity index (χ0) is 13.9. The Labute approximate surface area is 118 Å². The van der Waals surface area contributed by atoms with Crippen LogP contribution in [-0.2, 0) is 0 Å². The lowest BCUT2D eigenvalue weighted by Crippen LogP contribution is -2.46. The Morgan fingerprint density at radius 1 is 1.30 bits per heavy atom. The Balaban J connectivity index is 1.76. The maximum atomic E-state index is 12.5. The minimum Gasteiger partial charge on any atom is -0.486 e. The molecule has 5 nitrogen and oxygen atoms in total. The van der Waals surface area contributed by atoms with Crippen molar-refractivity contribution < 1.29 is 14.3 Å². The van der Waals surface area contributed by atoms with Gasteiger partial charge in [-0.3, -0.25) is 4.79 Å². The highest BCUT2D eigenvalue weighted by Crippen LogP contribution is 2.31. The zero-order valence-electron chi connectivity index (χ0n) is 11.7. The van der Waals surface area contributed by atoms with E-state index in [4.69, 9.17) is 9.47 Å². The van der Waals surface area contributed by atoms with Gasteiger partial charge in [0.25, 0.3) is 5.91 Å². The summed E-state index contributed by atoms with van der Waals surface area (Å²) in [4.78, 5) is 14.5. The predicted octanol–water partition coefficient (Wildman–Crippen LogP) is 1.28. The molecular formula is C15H20N2O3. The molecule has 1 atom stereocenters. The quantitative estimate of drug-likeness (QED) is 0.884. The van der Waals surface area contributed by atoms with Gasteiger partial charge in [-0.2, -0.15) is 0 Å². The summed E-state index contributed by atoms with van der Waals surface area (Å²) in [5, 5.41) is 3.25. The first-order chi connectivity index (χ1) is 9.78. The van der Waals surface area contributed by atoms with Crippen LogP contribution in [0.2, 0.25) is 0 Å². The molecule has 5 heteroatoms. The van der Waals surface area contributed by atoms with Crippen LogP contribution in [0, 0.1) is 0 Å². The molecule has 1 fully saturated rings. The largest absolute Gasteiger partial charge is 0.486 e. The molecule has 1 aromatic rings. The van der Waals surface area contributed by atoms with Crippen LogP contribution in [0.3, 0.4) is 0 Å². The number of fused-ring (bicyclic) bond motifs is 1. The van der Waals surface area contributed by atoms with Gasteiger partial charge < -0.3 is 19.7 Å². The molecule has 0 bridgehead atoms. The number of likely N-dealkylation sites (tertiary alicyclic amines) is 1. The molecule has 1 aromatic carbocycles. The number of amides is 1. The van der Waals surface area contributed by atoms with Crippen LogP contribution in [-0.4, -0.2) is 50.2 Å². The second-order valence-electron chi connectivity index (χ2n) is 5.24. The SMILES string of the molecule is CNC1CCCN(C(=O)c2ccc3c(c2)OCCO3)C1. The van der Waals surface area contributed by atoms with E-state index in [1.54, 1.807) is 6.07 Å². The summed E-state index contributed by atoms with van der Waals surface area (Å²) in [6.45, 7) is 2.70. The third-order valence-corrected chi connectivity index (χ3v) is 3.91. The van der Waals surface area contributed by atoms with Crippen molar-refractivity contribution in [2.45, 2.75) is 18.9 Å². The van der Waals surface area contributed by atoms with Gasteiger partial charge in [0, 0.05) is 24.7 Å². The number of likely N-dealkylation sites (N-methyl/N-ethyl adjacent to an activating group) is 1. The molecule has 0 aromatic heterocycles. The van der Waals surface area contributed by atoms with Crippen molar-refractivity contribution >= 4 is 5.91 Å². The fourth-order valence-electron chi connectivity index (χ4n) is 2.76. The van der Waals surface area contributed by atoms with Crippen LogP contribution in [0.15, 0.2) is 18.2 Å². The maximum Gasteiger partial charge on any atom is 0.254 e. The molecule has 1 saturated heterocycles. The minimum absolute atomic E-state index is 0.0712. The fourth-order valence-corrected chi connectivity index (χ4v) is 2.76. The summed E-state index contributed by atoms with van der Waals surface area (Å²) in [5.41, 5.74) is 0.672. The van der Waals surface area contributed by atoms with Gasteiger partial charge in [0.1, 0.15) is 13.2 Å². The van der Waals surface area contributed by atoms with E-state index in [9.17, 15) is 4.79 Å². The van der Waals surface area contributed by atoms with Crippen LogP contribution in [0.25, 0.3) is 0 Å². The third kappa shape index (κ3) is 2.58. The van der Waals surface area contributed by atoms with Gasteiger partial charge in [0.05, 0.1) is 0 Å². The molecule has 2 aliphatic heterocycles. The molecule has 1 N–H and O–H groups in total. The Hall–Kier alpha value is -1.75. The van der Waals surface area contributed by atoms with Gasteiger partial charge in [0.15, 0.2) is 11.5 Å². The highest BCUT2D eigenvalue weighted by atomic mass is 16.6. The second kappa shape index (κ2) is 5.71. The lowest BCUT2D eigenvalue weighted by molar-refractivity contribution is 0.0697. The first kappa shape index (κ1) is 13.2. The lowest BCUT2D eigenvalue weighted by Gasteiger charge is -2.32. The van der Waals surface area contributed by atoms with Crippen LogP contribution >= 0.6 is 0 Å². The normalized spacial score (nSPS) is 21.6. The summed E-state index contributed by atoms with van der Waals surface area (Å²) in [7, 11) is 1.95. The number of nitrogens with one attached hydrogen (secondary N) is 1. The topological polar surface area (TPSA) is 50.8 Å². The first-order valence-electron chi connectivity index (χ1n) is 7.14. The first-order valence-corrected chi connectivity index (χ1v) is 7.14. The molecular weight excluding hydrogens is 256 g/mol. The Kier molecular flexibility index (Phi) is 3.78. The number of piperidine rings is 1. The smallest absolute Gasteiger partial charge is 0.254 e. The van der Waals surface area contributed by atoms with Crippen LogP contribution in [0.1, 0.15) is 23.2 Å². The number of benzene rings is 1. The lowest BCUT2D eigenvalue weighted by atomic mass is 10.0. The van der Waals surface area contributed by atoms with Crippen molar-refractivity contribution in [1.82, 2.24) is 10.2 Å². The van der Waals surface area contributed by atoms with Gasteiger partial charge >= 0.3 is 0 Å². The molecule has 1 amide bonds. The summed E-state index contributed by atoms with van der Waals surface area (Å²) in [6, 6.07) is 5.82.